The summed E-state index contributed by atoms with van der Waals surface area (Å²) in [6, 6.07) is 0. The molecule has 1 aliphatic rings. The van der Waals surface area contributed by atoms with Crippen LogP contribution in [0.25, 0.3) is 0 Å². The second-order valence-electron chi connectivity index (χ2n) is 5.48. The first-order valence-corrected chi connectivity index (χ1v) is 8.31. The van der Waals surface area contributed by atoms with Gasteiger partial charge in [-0.1, -0.05) is 44.8 Å². The standard InChI is InChI=1S/C17H32O2/c1-2-3-4-5-6-7-8-9-10-12-15-18-17-14-11-13-16-19-17/h5-6,17H,2-4,7-16H2,1H3/b6-5+. The number of rotatable bonds is 11. The molecule has 1 rings (SSSR count). The van der Waals surface area contributed by atoms with Gasteiger partial charge in [-0.15, -0.1) is 0 Å². The molecular weight excluding hydrogens is 236 g/mol. The van der Waals surface area contributed by atoms with Gasteiger partial charge in [-0.05, 0) is 44.9 Å². The number of hydrogen-bond donors (Lipinski definition) is 0. The van der Waals surface area contributed by atoms with E-state index in [-0.39, 0.29) is 6.29 Å². The Morgan fingerprint density at radius 1 is 1.00 bits per heavy atom. The molecule has 0 bridgehead atoms. The average Bonchev–Trinajstić information content (AvgIpc) is 2.46. The van der Waals surface area contributed by atoms with Crippen molar-refractivity contribution in [3.8, 4) is 0 Å². The molecule has 0 aliphatic carbocycles. The van der Waals surface area contributed by atoms with Gasteiger partial charge >= 0.3 is 0 Å². The van der Waals surface area contributed by atoms with E-state index < -0.39 is 0 Å². The van der Waals surface area contributed by atoms with Crippen LogP contribution in [-0.2, 0) is 9.47 Å². The van der Waals surface area contributed by atoms with Crippen molar-refractivity contribution >= 4 is 0 Å². The molecule has 1 fully saturated rings. The van der Waals surface area contributed by atoms with Gasteiger partial charge in [-0.2, -0.15) is 0 Å². The maximum atomic E-state index is 5.72. The van der Waals surface area contributed by atoms with E-state index in [9.17, 15) is 0 Å². The summed E-state index contributed by atoms with van der Waals surface area (Å²) in [5.41, 5.74) is 0. The van der Waals surface area contributed by atoms with Crippen molar-refractivity contribution in [2.24, 2.45) is 0 Å². The van der Waals surface area contributed by atoms with Crippen LogP contribution >= 0.6 is 0 Å². The van der Waals surface area contributed by atoms with Gasteiger partial charge in [-0.3, -0.25) is 0 Å². The fourth-order valence-corrected chi connectivity index (χ4v) is 2.33. The molecular formula is C17H32O2. The van der Waals surface area contributed by atoms with Crippen LogP contribution < -0.4 is 0 Å². The lowest BCUT2D eigenvalue weighted by Gasteiger charge is -2.22. The van der Waals surface area contributed by atoms with Crippen LogP contribution in [0.3, 0.4) is 0 Å². The Morgan fingerprint density at radius 2 is 1.79 bits per heavy atom. The summed E-state index contributed by atoms with van der Waals surface area (Å²) >= 11 is 0. The highest BCUT2D eigenvalue weighted by Crippen LogP contribution is 2.14. The molecule has 0 spiro atoms. The van der Waals surface area contributed by atoms with E-state index in [1.807, 2.05) is 0 Å². The lowest BCUT2D eigenvalue weighted by atomic mass is 10.1. The molecule has 0 aromatic rings. The van der Waals surface area contributed by atoms with E-state index in [4.69, 9.17) is 9.47 Å². The molecule has 1 atom stereocenters. The number of hydrogen-bond acceptors (Lipinski definition) is 2. The van der Waals surface area contributed by atoms with Crippen molar-refractivity contribution in [1.29, 1.82) is 0 Å². The predicted molar refractivity (Wildman–Crippen MR) is 81.3 cm³/mol. The van der Waals surface area contributed by atoms with Crippen LogP contribution in [0, 0.1) is 0 Å². The zero-order chi connectivity index (χ0) is 13.6. The second-order valence-corrected chi connectivity index (χ2v) is 5.48. The van der Waals surface area contributed by atoms with Crippen molar-refractivity contribution in [3.05, 3.63) is 12.2 Å². The molecule has 2 heteroatoms. The average molecular weight is 268 g/mol. The Kier molecular flexibility index (Phi) is 11.2. The summed E-state index contributed by atoms with van der Waals surface area (Å²) in [6.07, 6.45) is 18.6. The van der Waals surface area contributed by atoms with Gasteiger partial charge in [0.2, 0.25) is 0 Å². The zero-order valence-corrected chi connectivity index (χ0v) is 12.7. The van der Waals surface area contributed by atoms with E-state index >= 15 is 0 Å². The third-order valence-corrected chi connectivity index (χ3v) is 3.60. The second kappa shape index (κ2) is 12.7. The molecule has 19 heavy (non-hydrogen) atoms. The molecule has 1 unspecified atom stereocenters. The number of unbranched alkanes of at least 4 members (excludes halogenated alkanes) is 6. The molecule has 112 valence electrons. The van der Waals surface area contributed by atoms with Gasteiger partial charge in [0, 0.05) is 13.2 Å². The molecule has 2 nitrogen and oxygen atoms in total. The third-order valence-electron chi connectivity index (χ3n) is 3.60. The lowest BCUT2D eigenvalue weighted by molar-refractivity contribution is -0.162. The van der Waals surface area contributed by atoms with Crippen molar-refractivity contribution < 1.29 is 9.47 Å². The largest absolute Gasteiger partial charge is 0.353 e. The van der Waals surface area contributed by atoms with Crippen LogP contribution in [0.15, 0.2) is 12.2 Å². The lowest BCUT2D eigenvalue weighted by Crippen LogP contribution is -2.22. The minimum Gasteiger partial charge on any atom is -0.353 e. The highest BCUT2D eigenvalue weighted by Gasteiger charge is 2.12. The summed E-state index contributed by atoms with van der Waals surface area (Å²) in [7, 11) is 0. The van der Waals surface area contributed by atoms with E-state index in [0.717, 1.165) is 19.6 Å². The topological polar surface area (TPSA) is 18.5 Å². The highest BCUT2D eigenvalue weighted by atomic mass is 16.7. The van der Waals surface area contributed by atoms with Crippen molar-refractivity contribution in [3.63, 3.8) is 0 Å². The van der Waals surface area contributed by atoms with E-state index in [1.54, 1.807) is 0 Å². The Hall–Kier alpha value is -0.340. The van der Waals surface area contributed by atoms with Crippen LogP contribution in [0.1, 0.15) is 77.6 Å². The first-order chi connectivity index (χ1) is 9.43. The highest BCUT2D eigenvalue weighted by molar-refractivity contribution is 4.81. The molecule has 0 aromatic heterocycles. The quantitative estimate of drug-likeness (QED) is 0.377. The normalized spacial score (nSPS) is 20.2. The molecule has 0 saturated carbocycles. The third kappa shape index (κ3) is 10.1. The first kappa shape index (κ1) is 16.7. The number of allylic oxidation sites excluding steroid dienone is 2. The van der Waals surface area contributed by atoms with Gasteiger partial charge in [0.05, 0.1) is 0 Å². The molecule has 1 aliphatic heterocycles. The van der Waals surface area contributed by atoms with Crippen molar-refractivity contribution in [2.45, 2.75) is 83.8 Å². The fraction of sp³-hybridized carbons (Fsp3) is 0.882. The maximum Gasteiger partial charge on any atom is 0.157 e. The van der Waals surface area contributed by atoms with Crippen LogP contribution in [0.4, 0.5) is 0 Å². The van der Waals surface area contributed by atoms with E-state index in [1.165, 1.54) is 64.2 Å². The zero-order valence-electron chi connectivity index (χ0n) is 12.7. The minimum atomic E-state index is 0.0928. The van der Waals surface area contributed by atoms with Crippen LogP contribution in [-0.4, -0.2) is 19.5 Å². The van der Waals surface area contributed by atoms with Crippen LogP contribution in [0.5, 0.6) is 0 Å². The van der Waals surface area contributed by atoms with E-state index in [0.29, 0.717) is 0 Å². The summed E-state index contributed by atoms with van der Waals surface area (Å²) in [5.74, 6) is 0. The number of ether oxygens (including phenoxy) is 2. The van der Waals surface area contributed by atoms with Gasteiger partial charge in [0.15, 0.2) is 6.29 Å². The molecule has 1 heterocycles. The predicted octanol–water partition coefficient (Wildman–Crippen LogP) is 5.23. The van der Waals surface area contributed by atoms with Gasteiger partial charge in [-0.25, -0.2) is 0 Å². The minimum absolute atomic E-state index is 0.0928. The molecule has 0 radical (unpaired) electrons. The van der Waals surface area contributed by atoms with Gasteiger partial charge in [0.25, 0.3) is 0 Å². The maximum absolute atomic E-state index is 5.72. The molecule has 0 amide bonds. The first-order valence-electron chi connectivity index (χ1n) is 8.31. The van der Waals surface area contributed by atoms with E-state index in [2.05, 4.69) is 19.1 Å². The molecule has 0 aromatic carbocycles. The fourth-order valence-electron chi connectivity index (χ4n) is 2.33. The Labute approximate surface area is 119 Å². The molecule has 1 saturated heterocycles. The Bertz CT molecular complexity index is 207. The SMILES string of the molecule is CCCC/C=C/CCCCCCOC1CCCCO1. The summed E-state index contributed by atoms with van der Waals surface area (Å²) < 4.78 is 11.3. The van der Waals surface area contributed by atoms with Crippen molar-refractivity contribution in [2.75, 3.05) is 13.2 Å². The van der Waals surface area contributed by atoms with Gasteiger partial charge in [0.1, 0.15) is 0 Å². The molecule has 0 N–H and O–H groups in total. The van der Waals surface area contributed by atoms with Gasteiger partial charge < -0.3 is 9.47 Å². The summed E-state index contributed by atoms with van der Waals surface area (Å²) in [4.78, 5) is 0. The van der Waals surface area contributed by atoms with Crippen molar-refractivity contribution in [1.82, 2.24) is 0 Å². The Balaban J connectivity index is 1.77. The smallest absolute Gasteiger partial charge is 0.157 e. The summed E-state index contributed by atoms with van der Waals surface area (Å²) in [6.45, 7) is 4.00. The summed E-state index contributed by atoms with van der Waals surface area (Å²) in [5, 5.41) is 0. The Morgan fingerprint density at radius 3 is 2.53 bits per heavy atom. The monoisotopic (exact) mass is 268 g/mol. The van der Waals surface area contributed by atoms with Crippen LogP contribution in [0.2, 0.25) is 0 Å².